The summed E-state index contributed by atoms with van der Waals surface area (Å²) in [5.74, 6) is -3.19. The number of nitrogens with zero attached hydrogens (tertiary/aromatic N) is 2. The van der Waals surface area contributed by atoms with Crippen molar-refractivity contribution in [2.75, 3.05) is 6.54 Å². The lowest BCUT2D eigenvalue weighted by molar-refractivity contribution is -0.144. The van der Waals surface area contributed by atoms with Crippen molar-refractivity contribution in [3.05, 3.63) is 71.5 Å². The van der Waals surface area contributed by atoms with Crippen LogP contribution in [-0.2, 0) is 27.5 Å². The first-order valence-corrected chi connectivity index (χ1v) is 8.18. The maximum absolute atomic E-state index is 13.6. The van der Waals surface area contributed by atoms with Crippen molar-refractivity contribution in [2.24, 2.45) is 0 Å². The SMILES string of the molecule is O=C(CN1C(=O)C(=O)N(Cc2ccccc2)C1=O)NCc1ccccc1F. The molecule has 0 radical (unpaired) electrons. The summed E-state index contributed by atoms with van der Waals surface area (Å²) in [5.41, 5.74) is 0.949. The van der Waals surface area contributed by atoms with Gasteiger partial charge in [-0.25, -0.2) is 14.1 Å². The van der Waals surface area contributed by atoms with E-state index in [1.165, 1.54) is 18.2 Å². The number of halogens is 1. The normalized spacial score (nSPS) is 14.0. The fourth-order valence-electron chi connectivity index (χ4n) is 2.63. The van der Waals surface area contributed by atoms with Gasteiger partial charge in [0.25, 0.3) is 0 Å². The van der Waals surface area contributed by atoms with Crippen molar-refractivity contribution in [2.45, 2.75) is 13.1 Å². The number of carbonyl (C=O) groups excluding carboxylic acids is 4. The van der Waals surface area contributed by atoms with Gasteiger partial charge >= 0.3 is 17.8 Å². The first-order chi connectivity index (χ1) is 13.0. The molecule has 7 nitrogen and oxygen atoms in total. The van der Waals surface area contributed by atoms with Crippen LogP contribution in [0.3, 0.4) is 0 Å². The number of nitrogens with one attached hydrogen (secondary N) is 1. The number of amides is 5. The highest BCUT2D eigenvalue weighted by Gasteiger charge is 2.45. The van der Waals surface area contributed by atoms with E-state index in [1.54, 1.807) is 36.4 Å². The van der Waals surface area contributed by atoms with Crippen molar-refractivity contribution < 1.29 is 23.6 Å². The predicted molar refractivity (Wildman–Crippen MR) is 92.3 cm³/mol. The van der Waals surface area contributed by atoms with Crippen LogP contribution in [0.15, 0.2) is 54.6 Å². The van der Waals surface area contributed by atoms with E-state index in [0.717, 1.165) is 4.90 Å². The minimum absolute atomic E-state index is 0.0579. The minimum atomic E-state index is -1.06. The summed E-state index contributed by atoms with van der Waals surface area (Å²) in [6.45, 7) is -0.760. The lowest BCUT2D eigenvalue weighted by Crippen LogP contribution is -2.41. The van der Waals surface area contributed by atoms with Crippen LogP contribution in [0.4, 0.5) is 9.18 Å². The standard InChI is InChI=1S/C19H16FN3O4/c20-15-9-5-4-8-14(15)10-21-16(24)12-23-18(26)17(25)22(19(23)27)11-13-6-2-1-3-7-13/h1-9H,10-12H2,(H,21,24). The Morgan fingerprint density at radius 3 is 2.22 bits per heavy atom. The second-order valence-electron chi connectivity index (χ2n) is 5.92. The summed E-state index contributed by atoms with van der Waals surface area (Å²) in [5, 5.41) is 2.43. The molecule has 0 saturated carbocycles. The molecule has 1 aliphatic rings. The Morgan fingerprint density at radius 1 is 0.889 bits per heavy atom. The Hall–Kier alpha value is -3.55. The average Bonchev–Trinajstić information content (AvgIpc) is 2.86. The lowest BCUT2D eigenvalue weighted by Gasteiger charge is -2.15. The molecule has 1 saturated heterocycles. The summed E-state index contributed by atoms with van der Waals surface area (Å²) >= 11 is 0. The summed E-state index contributed by atoms with van der Waals surface area (Å²) in [6, 6.07) is 13.8. The monoisotopic (exact) mass is 369 g/mol. The largest absolute Gasteiger partial charge is 0.350 e. The Labute approximate surface area is 154 Å². The fourth-order valence-corrected chi connectivity index (χ4v) is 2.63. The number of hydrogen-bond acceptors (Lipinski definition) is 4. The van der Waals surface area contributed by atoms with Gasteiger partial charge in [0.05, 0.1) is 6.54 Å². The summed E-state index contributed by atoms with van der Waals surface area (Å²) in [6.07, 6.45) is 0. The van der Waals surface area contributed by atoms with Gasteiger partial charge < -0.3 is 5.32 Å². The molecule has 0 unspecified atom stereocenters. The van der Waals surface area contributed by atoms with Crippen LogP contribution in [-0.4, -0.2) is 40.1 Å². The number of urea groups is 1. The Balaban J connectivity index is 1.62. The first-order valence-electron chi connectivity index (χ1n) is 8.18. The maximum Gasteiger partial charge on any atom is 0.335 e. The van der Waals surface area contributed by atoms with Crippen LogP contribution < -0.4 is 5.32 Å². The third kappa shape index (κ3) is 4.00. The van der Waals surface area contributed by atoms with Gasteiger partial charge in [0.15, 0.2) is 0 Å². The van der Waals surface area contributed by atoms with Crippen molar-refractivity contribution >= 4 is 23.8 Å². The molecule has 27 heavy (non-hydrogen) atoms. The zero-order valence-electron chi connectivity index (χ0n) is 14.2. The minimum Gasteiger partial charge on any atom is -0.350 e. The van der Waals surface area contributed by atoms with Crippen LogP contribution in [0.2, 0.25) is 0 Å². The number of hydrogen-bond donors (Lipinski definition) is 1. The molecule has 8 heteroatoms. The summed E-state index contributed by atoms with van der Waals surface area (Å²) < 4.78 is 13.6. The van der Waals surface area contributed by atoms with E-state index in [0.29, 0.717) is 10.5 Å². The van der Waals surface area contributed by atoms with E-state index in [4.69, 9.17) is 0 Å². The lowest BCUT2D eigenvalue weighted by atomic mass is 10.2. The average molecular weight is 369 g/mol. The molecule has 0 atom stereocenters. The van der Waals surface area contributed by atoms with Gasteiger partial charge in [-0.1, -0.05) is 48.5 Å². The number of imide groups is 2. The van der Waals surface area contributed by atoms with Crippen LogP contribution >= 0.6 is 0 Å². The molecule has 0 aromatic heterocycles. The molecular formula is C19H16FN3O4. The number of rotatable bonds is 6. The highest BCUT2D eigenvalue weighted by Crippen LogP contribution is 2.15. The molecule has 138 valence electrons. The van der Waals surface area contributed by atoms with E-state index in [9.17, 15) is 23.6 Å². The molecule has 5 amide bonds. The highest BCUT2D eigenvalue weighted by atomic mass is 19.1. The predicted octanol–water partition coefficient (Wildman–Crippen LogP) is 1.43. The Bertz CT molecular complexity index is 901. The van der Waals surface area contributed by atoms with Crippen LogP contribution in [0.5, 0.6) is 0 Å². The van der Waals surface area contributed by atoms with Gasteiger partial charge in [0, 0.05) is 12.1 Å². The van der Waals surface area contributed by atoms with Gasteiger partial charge in [-0.3, -0.25) is 19.3 Å². The molecule has 0 spiro atoms. The molecule has 1 aliphatic heterocycles. The van der Waals surface area contributed by atoms with E-state index in [2.05, 4.69) is 5.32 Å². The topological polar surface area (TPSA) is 86.8 Å². The molecule has 2 aromatic rings. The van der Waals surface area contributed by atoms with Crippen molar-refractivity contribution in [1.29, 1.82) is 0 Å². The fraction of sp³-hybridized carbons (Fsp3) is 0.158. The van der Waals surface area contributed by atoms with E-state index < -0.39 is 36.1 Å². The molecule has 0 bridgehead atoms. The van der Waals surface area contributed by atoms with E-state index >= 15 is 0 Å². The molecule has 2 aromatic carbocycles. The van der Waals surface area contributed by atoms with Crippen molar-refractivity contribution in [3.8, 4) is 0 Å². The zero-order chi connectivity index (χ0) is 19.4. The molecule has 0 aliphatic carbocycles. The molecule has 1 heterocycles. The van der Waals surface area contributed by atoms with Gasteiger partial charge in [-0.15, -0.1) is 0 Å². The zero-order valence-corrected chi connectivity index (χ0v) is 14.2. The van der Waals surface area contributed by atoms with Gasteiger partial charge in [-0.2, -0.15) is 0 Å². The first kappa shape index (κ1) is 18.2. The van der Waals surface area contributed by atoms with Crippen molar-refractivity contribution in [3.63, 3.8) is 0 Å². The van der Waals surface area contributed by atoms with Gasteiger partial charge in [0.1, 0.15) is 12.4 Å². The maximum atomic E-state index is 13.6. The van der Waals surface area contributed by atoms with E-state index in [-0.39, 0.29) is 18.7 Å². The summed E-state index contributed by atoms with van der Waals surface area (Å²) in [7, 11) is 0. The Morgan fingerprint density at radius 2 is 1.52 bits per heavy atom. The smallest absolute Gasteiger partial charge is 0.335 e. The van der Waals surface area contributed by atoms with Crippen molar-refractivity contribution in [1.82, 2.24) is 15.1 Å². The molecule has 1 fully saturated rings. The molecule has 1 N–H and O–H groups in total. The molecule has 3 rings (SSSR count). The van der Waals surface area contributed by atoms with E-state index in [1.807, 2.05) is 0 Å². The highest BCUT2D eigenvalue weighted by molar-refractivity contribution is 6.44. The Kier molecular flexibility index (Phi) is 5.25. The van der Waals surface area contributed by atoms with Crippen LogP contribution in [0, 0.1) is 5.82 Å². The second-order valence-corrected chi connectivity index (χ2v) is 5.92. The van der Waals surface area contributed by atoms with Crippen LogP contribution in [0.1, 0.15) is 11.1 Å². The third-order valence-electron chi connectivity index (χ3n) is 4.05. The number of benzene rings is 2. The number of carbonyl (C=O) groups is 4. The quantitative estimate of drug-likeness (QED) is 0.617. The van der Waals surface area contributed by atoms with Gasteiger partial charge in [-0.05, 0) is 11.6 Å². The summed E-state index contributed by atoms with van der Waals surface area (Å²) in [4.78, 5) is 49.9. The van der Waals surface area contributed by atoms with Crippen LogP contribution in [0.25, 0.3) is 0 Å². The van der Waals surface area contributed by atoms with Gasteiger partial charge in [0.2, 0.25) is 5.91 Å². The second kappa shape index (κ2) is 7.77. The molecular weight excluding hydrogens is 353 g/mol. The third-order valence-corrected chi connectivity index (χ3v) is 4.05.